The van der Waals surface area contributed by atoms with Crippen LogP contribution in [0.2, 0.25) is 5.15 Å². The number of nitrogens with zero attached hydrogens (tertiary/aromatic N) is 2. The number of nitrogen functional groups attached to an aromatic ring is 1. The van der Waals surface area contributed by atoms with Gasteiger partial charge in [0, 0.05) is 24.0 Å². The maximum atomic E-state index is 5.81. The molecule has 4 N–H and O–H groups in total. The number of nitrogens with two attached hydrogens (primary N) is 2. The molecule has 0 amide bonds. The van der Waals surface area contributed by atoms with Gasteiger partial charge in [-0.15, -0.1) is 0 Å². The molecule has 16 heavy (non-hydrogen) atoms. The van der Waals surface area contributed by atoms with E-state index in [1.807, 2.05) is 13.8 Å². The standard InChI is InChI=1S/C11H15ClN4/c1-7(2)15-6-9(5-13)8-3-10(12)16-11(14)4-8/h3-7H,13H2,1-2H3,(H2,14,16)/b9-5+,15-6?. The molecule has 4 nitrogen and oxygen atoms in total. The fourth-order valence-electron chi connectivity index (χ4n) is 1.13. The summed E-state index contributed by atoms with van der Waals surface area (Å²) in [5, 5.41) is 0.340. The third-order valence-corrected chi connectivity index (χ3v) is 2.03. The summed E-state index contributed by atoms with van der Waals surface area (Å²) >= 11 is 5.81. The Hall–Kier alpha value is -1.55. The zero-order valence-electron chi connectivity index (χ0n) is 9.31. The third-order valence-electron chi connectivity index (χ3n) is 1.84. The first kappa shape index (κ1) is 12.5. The van der Waals surface area contributed by atoms with Gasteiger partial charge < -0.3 is 11.5 Å². The molecule has 0 aliphatic carbocycles. The van der Waals surface area contributed by atoms with Crippen LogP contribution in [0.3, 0.4) is 0 Å². The Morgan fingerprint density at radius 3 is 2.69 bits per heavy atom. The van der Waals surface area contributed by atoms with Gasteiger partial charge in [-0.2, -0.15) is 0 Å². The Morgan fingerprint density at radius 1 is 1.50 bits per heavy atom. The van der Waals surface area contributed by atoms with Crippen LogP contribution < -0.4 is 11.5 Å². The fraction of sp³-hybridized carbons (Fsp3) is 0.273. The van der Waals surface area contributed by atoms with Gasteiger partial charge in [0.25, 0.3) is 0 Å². The first-order valence-corrected chi connectivity index (χ1v) is 5.29. The van der Waals surface area contributed by atoms with Gasteiger partial charge >= 0.3 is 0 Å². The van der Waals surface area contributed by atoms with E-state index in [4.69, 9.17) is 23.1 Å². The molecule has 86 valence electrons. The lowest BCUT2D eigenvalue weighted by molar-refractivity contribution is 0.842. The van der Waals surface area contributed by atoms with Crippen molar-refractivity contribution >= 4 is 29.2 Å². The van der Waals surface area contributed by atoms with Crippen molar-refractivity contribution in [2.45, 2.75) is 19.9 Å². The van der Waals surface area contributed by atoms with Gasteiger partial charge in [0.1, 0.15) is 11.0 Å². The lowest BCUT2D eigenvalue weighted by atomic mass is 10.1. The predicted octanol–water partition coefficient (Wildman–Crippen LogP) is 2.10. The van der Waals surface area contributed by atoms with Crippen molar-refractivity contribution in [3.05, 3.63) is 29.0 Å². The zero-order chi connectivity index (χ0) is 12.1. The summed E-state index contributed by atoms with van der Waals surface area (Å²) in [6.07, 6.45) is 3.17. The van der Waals surface area contributed by atoms with Gasteiger partial charge in [-0.25, -0.2) is 4.98 Å². The SMILES string of the molecule is CC(C)N=C/C(=C\N)c1cc(N)nc(Cl)c1. The van der Waals surface area contributed by atoms with Crippen LogP contribution in [0.5, 0.6) is 0 Å². The van der Waals surface area contributed by atoms with Crippen molar-refractivity contribution in [1.82, 2.24) is 4.98 Å². The summed E-state index contributed by atoms with van der Waals surface area (Å²) in [5.74, 6) is 0.361. The summed E-state index contributed by atoms with van der Waals surface area (Å²) in [5.41, 5.74) is 12.7. The van der Waals surface area contributed by atoms with Crippen molar-refractivity contribution < 1.29 is 0 Å². The fourth-order valence-corrected chi connectivity index (χ4v) is 1.34. The molecule has 0 bridgehead atoms. The number of aromatic nitrogens is 1. The number of allylic oxidation sites excluding steroid dienone is 1. The average Bonchev–Trinajstić information content (AvgIpc) is 2.16. The van der Waals surface area contributed by atoms with E-state index in [9.17, 15) is 0 Å². The van der Waals surface area contributed by atoms with Gasteiger partial charge in [-0.05, 0) is 31.5 Å². The second-order valence-corrected chi connectivity index (χ2v) is 3.98. The molecule has 0 aromatic carbocycles. The van der Waals surface area contributed by atoms with E-state index in [1.165, 1.54) is 6.20 Å². The Balaban J connectivity index is 3.05. The van der Waals surface area contributed by atoms with Crippen molar-refractivity contribution in [3.8, 4) is 0 Å². The second kappa shape index (κ2) is 5.51. The Kier molecular flexibility index (Phi) is 4.31. The maximum Gasteiger partial charge on any atom is 0.132 e. The summed E-state index contributed by atoms with van der Waals surface area (Å²) in [4.78, 5) is 8.13. The highest BCUT2D eigenvalue weighted by Gasteiger charge is 2.02. The molecule has 0 saturated carbocycles. The molecule has 0 aliphatic rings. The summed E-state index contributed by atoms with van der Waals surface area (Å²) in [6, 6.07) is 3.62. The van der Waals surface area contributed by atoms with E-state index < -0.39 is 0 Å². The number of rotatable bonds is 3. The van der Waals surface area contributed by atoms with Crippen LogP contribution >= 0.6 is 11.6 Å². The molecule has 0 atom stereocenters. The number of pyridine rings is 1. The number of hydrogen-bond donors (Lipinski definition) is 2. The number of aliphatic imine (C=N–C) groups is 1. The van der Waals surface area contributed by atoms with Gasteiger partial charge in [-0.3, -0.25) is 4.99 Å². The minimum absolute atomic E-state index is 0.213. The third kappa shape index (κ3) is 3.55. The summed E-state index contributed by atoms with van der Waals surface area (Å²) in [7, 11) is 0. The minimum Gasteiger partial charge on any atom is -0.404 e. The van der Waals surface area contributed by atoms with Gasteiger partial charge in [0.2, 0.25) is 0 Å². The van der Waals surface area contributed by atoms with Crippen LogP contribution in [0.25, 0.3) is 5.57 Å². The molecule has 1 aromatic rings. The van der Waals surface area contributed by atoms with E-state index in [2.05, 4.69) is 9.98 Å². The highest BCUT2D eigenvalue weighted by Crippen LogP contribution is 2.18. The molecule has 0 aliphatic heterocycles. The first-order chi connectivity index (χ1) is 7.52. The molecule has 1 aromatic heterocycles. The molecule has 1 rings (SSSR count). The van der Waals surface area contributed by atoms with Gasteiger partial charge in [0.05, 0.1) is 0 Å². The lowest BCUT2D eigenvalue weighted by Crippen LogP contribution is -1.98. The largest absolute Gasteiger partial charge is 0.404 e. The van der Waals surface area contributed by atoms with Crippen molar-refractivity contribution in [2.75, 3.05) is 5.73 Å². The Labute approximate surface area is 100 Å². The molecular weight excluding hydrogens is 224 g/mol. The quantitative estimate of drug-likeness (QED) is 0.625. The van der Waals surface area contributed by atoms with Crippen LogP contribution in [-0.4, -0.2) is 17.2 Å². The van der Waals surface area contributed by atoms with E-state index in [0.717, 1.165) is 11.1 Å². The van der Waals surface area contributed by atoms with Crippen molar-refractivity contribution in [3.63, 3.8) is 0 Å². The second-order valence-electron chi connectivity index (χ2n) is 3.60. The van der Waals surface area contributed by atoms with Crippen LogP contribution in [-0.2, 0) is 0 Å². The summed E-state index contributed by atoms with van der Waals surface area (Å²) < 4.78 is 0. The topological polar surface area (TPSA) is 77.3 Å². The molecule has 0 fully saturated rings. The summed E-state index contributed by atoms with van der Waals surface area (Å²) in [6.45, 7) is 3.97. The smallest absolute Gasteiger partial charge is 0.132 e. The van der Waals surface area contributed by atoms with Crippen LogP contribution in [0.15, 0.2) is 23.3 Å². The minimum atomic E-state index is 0.213. The molecule has 0 spiro atoms. The molecule has 0 saturated heterocycles. The monoisotopic (exact) mass is 238 g/mol. The maximum absolute atomic E-state index is 5.81. The van der Waals surface area contributed by atoms with E-state index in [1.54, 1.807) is 18.3 Å². The molecular formula is C11H15ClN4. The normalized spacial score (nSPS) is 12.6. The molecule has 0 radical (unpaired) electrons. The highest BCUT2D eigenvalue weighted by atomic mass is 35.5. The van der Waals surface area contributed by atoms with E-state index >= 15 is 0 Å². The zero-order valence-corrected chi connectivity index (χ0v) is 10.1. The number of hydrogen-bond acceptors (Lipinski definition) is 4. The van der Waals surface area contributed by atoms with Gasteiger partial charge in [-0.1, -0.05) is 11.6 Å². The van der Waals surface area contributed by atoms with E-state index in [-0.39, 0.29) is 6.04 Å². The van der Waals surface area contributed by atoms with Crippen LogP contribution in [0.4, 0.5) is 5.82 Å². The first-order valence-electron chi connectivity index (χ1n) is 4.91. The van der Waals surface area contributed by atoms with E-state index in [0.29, 0.717) is 11.0 Å². The van der Waals surface area contributed by atoms with Crippen LogP contribution in [0, 0.1) is 0 Å². The Morgan fingerprint density at radius 2 is 2.19 bits per heavy atom. The average molecular weight is 239 g/mol. The Bertz CT molecular complexity index is 404. The predicted molar refractivity (Wildman–Crippen MR) is 69.5 cm³/mol. The van der Waals surface area contributed by atoms with Gasteiger partial charge in [0.15, 0.2) is 0 Å². The van der Waals surface area contributed by atoms with Crippen molar-refractivity contribution in [1.29, 1.82) is 0 Å². The number of anilines is 1. The molecule has 0 unspecified atom stereocenters. The van der Waals surface area contributed by atoms with Crippen LogP contribution in [0.1, 0.15) is 19.4 Å². The lowest BCUT2D eigenvalue weighted by Gasteiger charge is -2.04. The molecule has 5 heteroatoms. The molecule has 1 heterocycles. The number of halogens is 1. The highest BCUT2D eigenvalue weighted by molar-refractivity contribution is 6.30. The van der Waals surface area contributed by atoms with Crippen molar-refractivity contribution in [2.24, 2.45) is 10.7 Å².